The molecule has 3 rings (SSSR count). The summed E-state index contributed by atoms with van der Waals surface area (Å²) in [6, 6.07) is 9.34. The molecule has 1 saturated carbocycles. The van der Waals surface area contributed by atoms with E-state index in [1.165, 1.54) is 48.4 Å². The number of hydrogen-bond donors (Lipinski definition) is 1. The molecule has 2 aromatic heterocycles. The Morgan fingerprint density at radius 2 is 1.90 bits per heavy atom. The van der Waals surface area contributed by atoms with Crippen molar-refractivity contribution in [1.82, 2.24) is 5.32 Å². The maximum absolute atomic E-state index is 3.80. The molecule has 0 bridgehead atoms. The summed E-state index contributed by atoms with van der Waals surface area (Å²) < 4.78 is 0. The highest BCUT2D eigenvalue weighted by molar-refractivity contribution is 7.10. The van der Waals surface area contributed by atoms with Gasteiger partial charge in [0.2, 0.25) is 0 Å². The van der Waals surface area contributed by atoms with Gasteiger partial charge in [0.15, 0.2) is 0 Å². The number of nitrogens with one attached hydrogen (secondary N) is 1. The van der Waals surface area contributed by atoms with Crippen molar-refractivity contribution in [1.29, 1.82) is 0 Å². The Morgan fingerprint density at radius 1 is 1.10 bits per heavy atom. The summed E-state index contributed by atoms with van der Waals surface area (Å²) in [5, 5.41) is 8.17. The van der Waals surface area contributed by atoms with Crippen LogP contribution in [0.4, 0.5) is 0 Å². The van der Waals surface area contributed by atoms with E-state index < -0.39 is 0 Å². The maximum atomic E-state index is 3.80. The highest BCUT2D eigenvalue weighted by Crippen LogP contribution is 2.28. The second kappa shape index (κ2) is 7.39. The third kappa shape index (κ3) is 3.94. The van der Waals surface area contributed by atoms with Crippen LogP contribution in [0, 0.1) is 5.92 Å². The van der Waals surface area contributed by atoms with Crippen LogP contribution < -0.4 is 5.32 Å². The van der Waals surface area contributed by atoms with Crippen LogP contribution in [0.5, 0.6) is 0 Å². The van der Waals surface area contributed by atoms with Crippen LogP contribution in [-0.2, 0) is 6.42 Å². The van der Waals surface area contributed by atoms with Crippen molar-refractivity contribution in [2.75, 3.05) is 6.54 Å². The SMILES string of the molecule is c1csc(CC(NCCC2CCCC2)c2cccs2)c1. The number of thiophene rings is 2. The lowest BCUT2D eigenvalue weighted by atomic mass is 10.0. The highest BCUT2D eigenvalue weighted by Gasteiger charge is 2.17. The van der Waals surface area contributed by atoms with Gasteiger partial charge in [-0.2, -0.15) is 0 Å². The van der Waals surface area contributed by atoms with Crippen molar-refractivity contribution in [3.8, 4) is 0 Å². The van der Waals surface area contributed by atoms with Crippen LogP contribution in [0.15, 0.2) is 35.0 Å². The van der Waals surface area contributed by atoms with E-state index in [1.54, 1.807) is 0 Å². The van der Waals surface area contributed by atoms with Crippen LogP contribution in [0.2, 0.25) is 0 Å². The molecule has 2 aromatic rings. The van der Waals surface area contributed by atoms with Crippen LogP contribution in [0.25, 0.3) is 0 Å². The smallest absolute Gasteiger partial charge is 0.0463 e. The van der Waals surface area contributed by atoms with Crippen molar-refractivity contribution in [3.63, 3.8) is 0 Å². The lowest BCUT2D eigenvalue weighted by Crippen LogP contribution is -2.24. The maximum Gasteiger partial charge on any atom is 0.0463 e. The summed E-state index contributed by atoms with van der Waals surface area (Å²) in [6.45, 7) is 1.17. The van der Waals surface area contributed by atoms with Crippen molar-refractivity contribution in [2.24, 2.45) is 5.92 Å². The molecule has 1 aliphatic carbocycles. The molecule has 1 N–H and O–H groups in total. The normalized spacial score (nSPS) is 17.6. The summed E-state index contributed by atoms with van der Waals surface area (Å²) in [7, 11) is 0. The van der Waals surface area contributed by atoms with Crippen LogP contribution in [0.1, 0.15) is 47.9 Å². The molecule has 3 heteroatoms. The van der Waals surface area contributed by atoms with Gasteiger partial charge in [0.1, 0.15) is 0 Å². The van der Waals surface area contributed by atoms with Crippen LogP contribution in [0.3, 0.4) is 0 Å². The van der Waals surface area contributed by atoms with Gasteiger partial charge < -0.3 is 5.32 Å². The average Bonchev–Trinajstić information content (AvgIpc) is 3.21. The Labute approximate surface area is 130 Å². The van der Waals surface area contributed by atoms with Gasteiger partial charge >= 0.3 is 0 Å². The fraction of sp³-hybridized carbons (Fsp3) is 0.529. The lowest BCUT2D eigenvalue weighted by molar-refractivity contribution is 0.446. The van der Waals surface area contributed by atoms with Gasteiger partial charge in [-0.3, -0.25) is 0 Å². The van der Waals surface area contributed by atoms with E-state index in [9.17, 15) is 0 Å². The molecule has 0 radical (unpaired) electrons. The summed E-state index contributed by atoms with van der Waals surface area (Å²) in [5.74, 6) is 0.980. The molecule has 1 atom stereocenters. The molecule has 20 heavy (non-hydrogen) atoms. The quantitative estimate of drug-likeness (QED) is 0.735. The zero-order chi connectivity index (χ0) is 13.6. The van der Waals surface area contributed by atoms with E-state index >= 15 is 0 Å². The molecule has 1 nitrogen and oxygen atoms in total. The Kier molecular flexibility index (Phi) is 5.29. The third-order valence-electron chi connectivity index (χ3n) is 4.29. The second-order valence-corrected chi connectivity index (χ2v) is 7.76. The molecule has 0 saturated heterocycles. The van der Waals surface area contributed by atoms with Crippen molar-refractivity contribution >= 4 is 22.7 Å². The molecular formula is C17H23NS2. The van der Waals surface area contributed by atoms with Crippen LogP contribution >= 0.6 is 22.7 Å². The Morgan fingerprint density at radius 3 is 2.60 bits per heavy atom. The molecule has 0 aliphatic heterocycles. The molecule has 0 amide bonds. The molecule has 0 spiro atoms. The van der Waals surface area contributed by atoms with E-state index in [-0.39, 0.29) is 0 Å². The van der Waals surface area contributed by atoms with E-state index in [1.807, 2.05) is 22.7 Å². The highest BCUT2D eigenvalue weighted by atomic mass is 32.1. The minimum atomic E-state index is 0.495. The third-order valence-corrected chi connectivity index (χ3v) is 6.17. The van der Waals surface area contributed by atoms with Gasteiger partial charge in [-0.25, -0.2) is 0 Å². The van der Waals surface area contributed by atoms with Gasteiger partial charge in [-0.1, -0.05) is 37.8 Å². The first-order valence-corrected chi connectivity index (χ1v) is 9.47. The zero-order valence-corrected chi connectivity index (χ0v) is 13.5. The molecule has 1 aliphatic rings. The van der Waals surface area contributed by atoms with Gasteiger partial charge in [-0.05, 0) is 41.8 Å². The first-order chi connectivity index (χ1) is 9.92. The van der Waals surface area contributed by atoms with E-state index in [4.69, 9.17) is 0 Å². The number of rotatable bonds is 7. The van der Waals surface area contributed by atoms with E-state index in [0.29, 0.717) is 6.04 Å². The fourth-order valence-electron chi connectivity index (χ4n) is 3.15. The summed E-state index contributed by atoms with van der Waals surface area (Å²) in [6.07, 6.45) is 8.30. The summed E-state index contributed by atoms with van der Waals surface area (Å²) >= 11 is 3.75. The lowest BCUT2D eigenvalue weighted by Gasteiger charge is -2.18. The van der Waals surface area contributed by atoms with E-state index in [2.05, 4.69) is 40.3 Å². The molecule has 1 fully saturated rings. The van der Waals surface area contributed by atoms with Gasteiger partial charge in [-0.15, -0.1) is 22.7 Å². The predicted molar refractivity (Wildman–Crippen MR) is 89.7 cm³/mol. The fourth-order valence-corrected chi connectivity index (χ4v) is 4.71. The van der Waals surface area contributed by atoms with E-state index in [0.717, 1.165) is 12.3 Å². The van der Waals surface area contributed by atoms with Crippen LogP contribution in [-0.4, -0.2) is 6.54 Å². The van der Waals surface area contributed by atoms with Crippen molar-refractivity contribution in [2.45, 2.75) is 44.6 Å². The minimum absolute atomic E-state index is 0.495. The Bertz CT molecular complexity index is 469. The van der Waals surface area contributed by atoms with Crippen molar-refractivity contribution < 1.29 is 0 Å². The predicted octanol–water partition coefficient (Wildman–Crippen LogP) is 5.26. The zero-order valence-electron chi connectivity index (χ0n) is 11.9. The Hall–Kier alpha value is -0.640. The second-order valence-electron chi connectivity index (χ2n) is 5.74. The molecule has 0 aromatic carbocycles. The first-order valence-electron chi connectivity index (χ1n) is 7.71. The minimum Gasteiger partial charge on any atom is -0.309 e. The molecule has 108 valence electrons. The number of hydrogen-bond acceptors (Lipinski definition) is 3. The molecule has 1 unspecified atom stereocenters. The summed E-state index contributed by atoms with van der Waals surface area (Å²) in [5.41, 5.74) is 0. The topological polar surface area (TPSA) is 12.0 Å². The molecular weight excluding hydrogens is 282 g/mol. The van der Waals surface area contributed by atoms with Gasteiger partial charge in [0, 0.05) is 22.2 Å². The monoisotopic (exact) mass is 305 g/mol. The van der Waals surface area contributed by atoms with Crippen molar-refractivity contribution in [3.05, 3.63) is 44.8 Å². The molecule has 2 heterocycles. The standard InChI is InChI=1S/C17H23NS2/c1-2-6-14(5-1)9-10-18-16(17-8-4-12-20-17)13-15-7-3-11-19-15/h3-4,7-8,11-12,14,16,18H,1-2,5-6,9-10,13H2. The first kappa shape index (κ1) is 14.3. The average molecular weight is 306 g/mol. The largest absolute Gasteiger partial charge is 0.309 e. The summed E-state index contributed by atoms with van der Waals surface area (Å²) in [4.78, 5) is 2.96. The Balaban J connectivity index is 1.54. The van der Waals surface area contributed by atoms with Gasteiger partial charge in [0.25, 0.3) is 0 Å². The van der Waals surface area contributed by atoms with Gasteiger partial charge in [0.05, 0.1) is 0 Å².